The third-order valence-electron chi connectivity index (χ3n) is 4.14. The molecule has 1 aromatic carbocycles. The first-order chi connectivity index (χ1) is 10.2. The Balaban J connectivity index is 0.00000132. The number of aromatic nitrogens is 2. The van der Waals surface area contributed by atoms with Gasteiger partial charge in [-0.15, -0.1) is 24.8 Å². The second-order valence-corrected chi connectivity index (χ2v) is 5.53. The molecule has 23 heavy (non-hydrogen) atoms. The lowest BCUT2D eigenvalue weighted by Crippen LogP contribution is -2.44. The van der Waals surface area contributed by atoms with Crippen LogP contribution in [0.15, 0.2) is 24.3 Å². The van der Waals surface area contributed by atoms with Crippen LogP contribution in [0.4, 0.5) is 8.78 Å². The van der Waals surface area contributed by atoms with E-state index in [0.717, 1.165) is 30.5 Å². The molecule has 1 saturated heterocycles. The van der Waals surface area contributed by atoms with E-state index in [1.165, 1.54) is 0 Å². The van der Waals surface area contributed by atoms with Crippen molar-refractivity contribution >= 4 is 35.8 Å². The highest BCUT2D eigenvalue weighted by molar-refractivity contribution is 5.85. The van der Waals surface area contributed by atoms with E-state index < -0.39 is 6.55 Å². The maximum atomic E-state index is 13.4. The van der Waals surface area contributed by atoms with E-state index in [2.05, 4.69) is 15.2 Å². The van der Waals surface area contributed by atoms with Gasteiger partial charge in [0.2, 0.25) is 0 Å². The predicted molar refractivity (Wildman–Crippen MR) is 92.8 cm³/mol. The second kappa shape index (κ2) is 8.78. The Hall–Kier alpha value is -0.950. The van der Waals surface area contributed by atoms with E-state index in [1.54, 1.807) is 18.2 Å². The third kappa shape index (κ3) is 4.32. The van der Waals surface area contributed by atoms with Crippen molar-refractivity contribution in [1.29, 1.82) is 0 Å². The summed E-state index contributed by atoms with van der Waals surface area (Å²) in [5.41, 5.74) is 1.14. The quantitative estimate of drug-likeness (QED) is 0.899. The highest BCUT2D eigenvalue weighted by atomic mass is 35.5. The van der Waals surface area contributed by atoms with Gasteiger partial charge in [0.05, 0.1) is 17.6 Å². The standard InChI is InChI=1S/C15H20F2N4.2ClH/c1-18-11-5-4-8-20(9-11)10-14-19-12-6-2-3-7-13(12)21(14)15(16)17;;/h2-3,6-7,11,15,18H,4-5,8-10H2,1H3;2*1H. The van der Waals surface area contributed by atoms with Crippen molar-refractivity contribution in [3.63, 3.8) is 0 Å². The van der Waals surface area contributed by atoms with E-state index in [-0.39, 0.29) is 24.8 Å². The summed E-state index contributed by atoms with van der Waals surface area (Å²) >= 11 is 0. The van der Waals surface area contributed by atoms with Gasteiger partial charge >= 0.3 is 6.55 Å². The van der Waals surface area contributed by atoms with Crippen molar-refractivity contribution in [1.82, 2.24) is 19.8 Å². The average Bonchev–Trinajstić information content (AvgIpc) is 2.85. The Morgan fingerprint density at radius 3 is 2.74 bits per heavy atom. The van der Waals surface area contributed by atoms with E-state index >= 15 is 0 Å². The normalized spacial score (nSPS) is 18.7. The molecular formula is C15H22Cl2F2N4. The molecular weight excluding hydrogens is 345 g/mol. The fourth-order valence-corrected chi connectivity index (χ4v) is 3.06. The number of para-hydroxylation sites is 2. The maximum Gasteiger partial charge on any atom is 0.320 e. The number of alkyl halides is 2. The Labute approximate surface area is 147 Å². The smallest absolute Gasteiger partial charge is 0.316 e. The van der Waals surface area contributed by atoms with Crippen LogP contribution in [0.2, 0.25) is 0 Å². The minimum atomic E-state index is -2.56. The molecule has 4 nitrogen and oxygen atoms in total. The lowest BCUT2D eigenvalue weighted by molar-refractivity contribution is 0.0670. The topological polar surface area (TPSA) is 33.1 Å². The number of nitrogens with one attached hydrogen (secondary N) is 1. The number of fused-ring (bicyclic) bond motifs is 1. The van der Waals surface area contributed by atoms with Gasteiger partial charge in [-0.05, 0) is 38.6 Å². The van der Waals surface area contributed by atoms with Crippen molar-refractivity contribution in [2.45, 2.75) is 32.0 Å². The number of hydrogen-bond donors (Lipinski definition) is 1. The van der Waals surface area contributed by atoms with Crippen LogP contribution in [0.25, 0.3) is 11.0 Å². The molecule has 1 fully saturated rings. The molecule has 1 aromatic heterocycles. The van der Waals surface area contributed by atoms with Gasteiger partial charge in [0.1, 0.15) is 5.82 Å². The first-order valence-electron chi connectivity index (χ1n) is 7.32. The minimum absolute atomic E-state index is 0. The zero-order valence-corrected chi connectivity index (χ0v) is 14.5. The molecule has 0 bridgehead atoms. The number of piperidine rings is 1. The van der Waals surface area contributed by atoms with Crippen molar-refractivity contribution in [2.75, 3.05) is 20.1 Å². The van der Waals surface area contributed by atoms with Gasteiger partial charge in [-0.1, -0.05) is 12.1 Å². The SMILES string of the molecule is CNC1CCCN(Cc2nc3ccccc3n2C(F)F)C1.Cl.Cl. The van der Waals surface area contributed by atoms with Gasteiger partial charge in [-0.25, -0.2) is 4.98 Å². The molecule has 1 atom stereocenters. The highest BCUT2D eigenvalue weighted by Gasteiger charge is 2.23. The molecule has 0 radical (unpaired) electrons. The number of benzene rings is 1. The molecule has 0 saturated carbocycles. The van der Waals surface area contributed by atoms with Gasteiger partial charge in [-0.3, -0.25) is 9.47 Å². The monoisotopic (exact) mass is 366 g/mol. The van der Waals surface area contributed by atoms with Gasteiger partial charge in [0.15, 0.2) is 0 Å². The lowest BCUT2D eigenvalue weighted by atomic mass is 10.1. The van der Waals surface area contributed by atoms with Crippen LogP contribution in [0.1, 0.15) is 25.2 Å². The molecule has 1 N–H and O–H groups in total. The Morgan fingerprint density at radius 2 is 2.04 bits per heavy atom. The zero-order chi connectivity index (χ0) is 14.8. The van der Waals surface area contributed by atoms with Crippen LogP contribution < -0.4 is 5.32 Å². The second-order valence-electron chi connectivity index (χ2n) is 5.53. The van der Waals surface area contributed by atoms with E-state index in [9.17, 15) is 8.78 Å². The largest absolute Gasteiger partial charge is 0.320 e. The first-order valence-corrected chi connectivity index (χ1v) is 7.32. The van der Waals surface area contributed by atoms with Gasteiger partial charge < -0.3 is 5.32 Å². The number of nitrogens with zero attached hydrogens (tertiary/aromatic N) is 3. The molecule has 3 rings (SSSR count). The number of imidazole rings is 1. The molecule has 0 amide bonds. The van der Waals surface area contributed by atoms with Crippen molar-refractivity contribution in [3.8, 4) is 0 Å². The van der Waals surface area contributed by atoms with E-state index in [0.29, 0.717) is 29.4 Å². The molecule has 1 aliphatic rings. The fraction of sp³-hybridized carbons (Fsp3) is 0.533. The predicted octanol–water partition coefficient (Wildman–Crippen LogP) is 3.46. The molecule has 2 aromatic rings. The van der Waals surface area contributed by atoms with Crippen LogP contribution in [0.3, 0.4) is 0 Å². The summed E-state index contributed by atoms with van der Waals surface area (Å²) in [6, 6.07) is 7.51. The van der Waals surface area contributed by atoms with Crippen LogP contribution in [0, 0.1) is 0 Å². The van der Waals surface area contributed by atoms with Gasteiger partial charge in [-0.2, -0.15) is 8.78 Å². The molecule has 0 aliphatic carbocycles. The van der Waals surface area contributed by atoms with Crippen molar-refractivity contribution < 1.29 is 8.78 Å². The van der Waals surface area contributed by atoms with Crippen LogP contribution in [-0.2, 0) is 6.54 Å². The molecule has 1 aliphatic heterocycles. The summed E-state index contributed by atoms with van der Waals surface area (Å²) in [4.78, 5) is 6.60. The third-order valence-corrected chi connectivity index (χ3v) is 4.14. The van der Waals surface area contributed by atoms with Crippen LogP contribution >= 0.6 is 24.8 Å². The maximum absolute atomic E-state index is 13.4. The van der Waals surface area contributed by atoms with Crippen molar-refractivity contribution in [2.24, 2.45) is 0 Å². The summed E-state index contributed by atoms with van der Waals surface area (Å²) in [6.07, 6.45) is 2.22. The zero-order valence-electron chi connectivity index (χ0n) is 12.9. The summed E-state index contributed by atoms with van der Waals surface area (Å²) in [7, 11) is 1.95. The van der Waals surface area contributed by atoms with Crippen molar-refractivity contribution in [3.05, 3.63) is 30.1 Å². The van der Waals surface area contributed by atoms with E-state index in [1.807, 2.05) is 13.1 Å². The number of likely N-dealkylation sites (N-methyl/N-ethyl adjacent to an activating group) is 1. The van der Waals surface area contributed by atoms with Crippen LogP contribution in [0.5, 0.6) is 0 Å². The summed E-state index contributed by atoms with van der Waals surface area (Å²) in [6.45, 7) is -0.276. The number of likely N-dealkylation sites (tertiary alicyclic amines) is 1. The van der Waals surface area contributed by atoms with Gasteiger partial charge in [0, 0.05) is 12.6 Å². The number of rotatable bonds is 4. The first kappa shape index (κ1) is 20.1. The fourth-order valence-electron chi connectivity index (χ4n) is 3.06. The molecule has 8 heteroatoms. The number of halogens is 4. The van der Waals surface area contributed by atoms with Crippen LogP contribution in [-0.4, -0.2) is 40.6 Å². The average molecular weight is 367 g/mol. The summed E-state index contributed by atoms with van der Waals surface area (Å²) in [5.74, 6) is 0.447. The highest BCUT2D eigenvalue weighted by Crippen LogP contribution is 2.24. The number of hydrogen-bond acceptors (Lipinski definition) is 3. The molecule has 1 unspecified atom stereocenters. The Kier molecular flexibility index (Phi) is 7.67. The molecule has 0 spiro atoms. The lowest BCUT2D eigenvalue weighted by Gasteiger charge is -2.32. The molecule has 130 valence electrons. The van der Waals surface area contributed by atoms with E-state index in [4.69, 9.17) is 0 Å². The summed E-state index contributed by atoms with van der Waals surface area (Å²) < 4.78 is 27.8. The van der Waals surface area contributed by atoms with Gasteiger partial charge in [0.25, 0.3) is 0 Å². The Bertz CT molecular complexity index is 621. The minimum Gasteiger partial charge on any atom is -0.316 e. The Morgan fingerprint density at radius 1 is 1.30 bits per heavy atom. The summed E-state index contributed by atoms with van der Waals surface area (Å²) in [5, 5.41) is 3.27. The molecule has 2 heterocycles.